The summed E-state index contributed by atoms with van der Waals surface area (Å²) in [6.07, 6.45) is 0. The molecule has 5 nitrogen and oxygen atoms in total. The van der Waals surface area contributed by atoms with Gasteiger partial charge in [-0.05, 0) is 41.8 Å². The maximum atomic E-state index is 11.2. The van der Waals surface area contributed by atoms with E-state index >= 15 is 0 Å². The van der Waals surface area contributed by atoms with Crippen molar-refractivity contribution in [2.24, 2.45) is 23.7 Å². The molecule has 1 aliphatic rings. The minimum absolute atomic E-state index is 0.320. The Kier molecular flexibility index (Phi) is 10.3. The molecule has 147 valence electrons. The van der Waals surface area contributed by atoms with Gasteiger partial charge in [0.2, 0.25) is 0 Å². The zero-order chi connectivity index (χ0) is 19.2. The highest BCUT2D eigenvalue weighted by atomic mass is 28.5. The molecular weight excluding hydrogens is 385 g/mol. The first kappa shape index (κ1) is 23.7. The minimum atomic E-state index is -3.25. The van der Waals surface area contributed by atoms with Gasteiger partial charge in [-0.15, -0.1) is 0 Å². The van der Waals surface area contributed by atoms with E-state index in [2.05, 4.69) is 55.4 Å². The molecule has 1 rings (SSSR count). The summed E-state index contributed by atoms with van der Waals surface area (Å²) >= 11 is 0. The summed E-state index contributed by atoms with van der Waals surface area (Å²) in [5.74, 6) is 1.77. The van der Waals surface area contributed by atoms with Gasteiger partial charge < -0.3 is 21.3 Å². The molecule has 0 aromatic heterocycles. The van der Waals surface area contributed by atoms with Crippen molar-refractivity contribution in [1.82, 2.24) is 0 Å². The van der Waals surface area contributed by atoms with Crippen molar-refractivity contribution >= 4 is 36.7 Å². The molecule has 1 saturated heterocycles. The summed E-state index contributed by atoms with van der Waals surface area (Å²) in [4.78, 5) is 11.2. The zero-order valence-electron chi connectivity index (χ0n) is 17.2. The third kappa shape index (κ3) is 9.96. The van der Waals surface area contributed by atoms with Crippen LogP contribution in [0.15, 0.2) is 0 Å². The van der Waals surface area contributed by atoms with E-state index in [1.165, 1.54) is 0 Å². The van der Waals surface area contributed by atoms with E-state index in [-0.39, 0.29) is 0 Å². The fraction of sp³-hybridized carbons (Fsp3) is 1.00. The van der Waals surface area contributed by atoms with Gasteiger partial charge in [0.1, 0.15) is 0 Å². The molecule has 0 bridgehead atoms. The summed E-state index contributed by atoms with van der Waals surface area (Å²) in [7, 11) is -7.83. The van der Waals surface area contributed by atoms with Gasteiger partial charge in [-0.2, -0.15) is 0 Å². The Morgan fingerprint density at radius 3 is 1.32 bits per heavy atom. The molecule has 0 unspecified atom stereocenters. The highest BCUT2D eigenvalue weighted by Crippen LogP contribution is 2.27. The van der Waals surface area contributed by atoms with Crippen LogP contribution in [0.5, 0.6) is 0 Å². The van der Waals surface area contributed by atoms with Crippen LogP contribution in [0.25, 0.3) is 0 Å². The Bertz CT molecular complexity index is 360. The Morgan fingerprint density at radius 1 is 0.640 bits per heavy atom. The van der Waals surface area contributed by atoms with Crippen LogP contribution in [0.4, 0.5) is 0 Å². The van der Waals surface area contributed by atoms with Crippen LogP contribution in [0.2, 0.25) is 24.2 Å². The second-order valence-electron chi connectivity index (χ2n) is 8.63. The van der Waals surface area contributed by atoms with Gasteiger partial charge in [0.15, 0.2) is 0 Å². The zero-order valence-corrected chi connectivity index (χ0v) is 21.2. The van der Waals surface area contributed by atoms with Crippen molar-refractivity contribution < 1.29 is 21.3 Å². The van der Waals surface area contributed by atoms with Crippen molar-refractivity contribution in [3.05, 3.63) is 0 Å². The van der Waals surface area contributed by atoms with Gasteiger partial charge in [-0.25, -0.2) is 0 Å². The first-order valence-corrected chi connectivity index (χ1v) is 16.1. The van der Waals surface area contributed by atoms with Crippen LogP contribution in [0, 0.1) is 23.7 Å². The minimum Gasteiger partial charge on any atom is -0.414 e. The Hall–Kier alpha value is 0.668. The van der Waals surface area contributed by atoms with Crippen molar-refractivity contribution in [1.29, 1.82) is 0 Å². The SMILES string of the molecule is CC(C)C[Si]1O[Si](CC(C)C)O[Si](O)(CC(C)C)O[Si](CC(C)C)O1. The predicted molar refractivity (Wildman–Crippen MR) is 108 cm³/mol. The third-order valence-electron chi connectivity index (χ3n) is 3.39. The first-order chi connectivity index (χ1) is 11.5. The normalized spacial score (nSPS) is 21.5. The quantitative estimate of drug-likeness (QED) is 0.598. The molecule has 0 spiro atoms. The largest absolute Gasteiger partial charge is 0.480 e. The van der Waals surface area contributed by atoms with Crippen molar-refractivity contribution in [3.63, 3.8) is 0 Å². The van der Waals surface area contributed by atoms with Gasteiger partial charge in [-0.1, -0.05) is 55.4 Å². The second-order valence-corrected chi connectivity index (χ2v) is 17.2. The monoisotopic (exact) mass is 421 g/mol. The van der Waals surface area contributed by atoms with Gasteiger partial charge in [0.05, 0.1) is 0 Å². The molecule has 0 aromatic rings. The van der Waals surface area contributed by atoms with Gasteiger partial charge in [0, 0.05) is 6.04 Å². The number of hydrogen-bond donors (Lipinski definition) is 1. The van der Waals surface area contributed by atoms with Crippen molar-refractivity contribution in [3.8, 4) is 0 Å². The molecule has 1 aliphatic heterocycles. The Balaban J connectivity index is 2.99. The molecule has 0 amide bonds. The first-order valence-electron chi connectivity index (χ1n) is 9.52. The summed E-state index contributed by atoms with van der Waals surface area (Å²) in [6, 6.07) is 3.21. The van der Waals surface area contributed by atoms with E-state index < -0.39 is 36.7 Å². The summed E-state index contributed by atoms with van der Waals surface area (Å²) in [6.45, 7) is 17.2. The summed E-state index contributed by atoms with van der Waals surface area (Å²) in [5, 5.41) is 0. The van der Waals surface area contributed by atoms with Crippen molar-refractivity contribution in [2.75, 3.05) is 0 Å². The van der Waals surface area contributed by atoms with Crippen LogP contribution in [0.3, 0.4) is 0 Å². The molecule has 25 heavy (non-hydrogen) atoms. The smallest absolute Gasteiger partial charge is 0.414 e. The van der Waals surface area contributed by atoms with Crippen LogP contribution < -0.4 is 0 Å². The predicted octanol–water partition coefficient (Wildman–Crippen LogP) is 4.09. The molecule has 0 saturated carbocycles. The second kappa shape index (κ2) is 10.9. The Morgan fingerprint density at radius 2 is 1.00 bits per heavy atom. The van der Waals surface area contributed by atoms with E-state index in [4.69, 9.17) is 16.5 Å². The average Bonchev–Trinajstić information content (AvgIpc) is 2.32. The van der Waals surface area contributed by atoms with E-state index in [0.29, 0.717) is 29.7 Å². The standard InChI is InChI=1S/C16H37O5Si4/c1-13(2)9-22-18-23(10-14(3)4)20-25(17,12-16(7)8)21-24(19-22)11-15(5)6/h13-17H,9-12H2,1-8H3. The lowest BCUT2D eigenvalue weighted by Crippen LogP contribution is -2.57. The molecule has 1 N–H and O–H groups in total. The fourth-order valence-corrected chi connectivity index (χ4v) is 15.3. The highest BCUT2D eigenvalue weighted by Gasteiger charge is 2.48. The maximum absolute atomic E-state index is 11.2. The lowest BCUT2D eigenvalue weighted by molar-refractivity contribution is 0.183. The Labute approximate surface area is 161 Å². The number of hydrogen-bond acceptors (Lipinski definition) is 5. The van der Waals surface area contributed by atoms with Crippen molar-refractivity contribution in [2.45, 2.75) is 79.6 Å². The fourth-order valence-electron chi connectivity index (χ4n) is 2.54. The molecule has 1 heterocycles. The summed E-state index contributed by atoms with van der Waals surface area (Å²) < 4.78 is 25.3. The van der Waals surface area contributed by atoms with E-state index in [1.807, 2.05) is 0 Å². The summed E-state index contributed by atoms with van der Waals surface area (Å²) in [5.41, 5.74) is 0. The lowest BCUT2D eigenvalue weighted by atomic mass is 10.3. The van der Waals surface area contributed by atoms with E-state index in [1.54, 1.807) is 0 Å². The molecular formula is C16H37O5Si4. The maximum Gasteiger partial charge on any atom is 0.480 e. The van der Waals surface area contributed by atoms with Crippen LogP contribution >= 0.6 is 0 Å². The van der Waals surface area contributed by atoms with Gasteiger partial charge in [-0.3, -0.25) is 0 Å². The van der Waals surface area contributed by atoms with Crippen LogP contribution in [-0.2, 0) is 16.5 Å². The molecule has 0 atom stereocenters. The highest BCUT2D eigenvalue weighted by molar-refractivity contribution is 6.78. The molecule has 3 radical (unpaired) electrons. The molecule has 0 aromatic carbocycles. The van der Waals surface area contributed by atoms with E-state index in [0.717, 1.165) is 18.1 Å². The molecule has 9 heteroatoms. The van der Waals surface area contributed by atoms with Gasteiger partial charge in [0.25, 0.3) is 0 Å². The van der Waals surface area contributed by atoms with Crippen LogP contribution in [-0.4, -0.2) is 41.5 Å². The molecule has 1 fully saturated rings. The third-order valence-corrected chi connectivity index (χ3v) is 16.2. The lowest BCUT2D eigenvalue weighted by Gasteiger charge is -2.37. The van der Waals surface area contributed by atoms with E-state index in [9.17, 15) is 4.80 Å². The van der Waals surface area contributed by atoms with Gasteiger partial charge >= 0.3 is 36.7 Å². The molecule has 0 aliphatic carbocycles. The topological polar surface area (TPSA) is 57.2 Å². The van der Waals surface area contributed by atoms with Crippen LogP contribution in [0.1, 0.15) is 55.4 Å². The number of rotatable bonds is 8. The average molecular weight is 422 g/mol.